The molecule has 0 atom stereocenters. The zero-order valence-corrected chi connectivity index (χ0v) is 10.1. The van der Waals surface area contributed by atoms with E-state index in [9.17, 15) is 9.18 Å². The van der Waals surface area contributed by atoms with Crippen LogP contribution < -0.4 is 10.1 Å². The molecule has 18 heavy (non-hydrogen) atoms. The van der Waals surface area contributed by atoms with Crippen molar-refractivity contribution < 1.29 is 13.9 Å². The normalized spacial score (nSPS) is 13.8. The SMILES string of the molecule is C#CCOc1ccc(C(=O)NC2CC2)c(C)c1F. The molecule has 1 aromatic rings. The van der Waals surface area contributed by atoms with E-state index < -0.39 is 5.82 Å². The number of ether oxygens (including phenoxy) is 1. The van der Waals surface area contributed by atoms with E-state index in [4.69, 9.17) is 11.2 Å². The molecule has 4 heteroatoms. The van der Waals surface area contributed by atoms with E-state index in [2.05, 4.69) is 11.2 Å². The van der Waals surface area contributed by atoms with Crippen molar-refractivity contribution in [1.29, 1.82) is 0 Å². The highest BCUT2D eigenvalue weighted by Crippen LogP contribution is 2.25. The average molecular weight is 247 g/mol. The lowest BCUT2D eigenvalue weighted by Crippen LogP contribution is -2.26. The molecule has 94 valence electrons. The van der Waals surface area contributed by atoms with E-state index >= 15 is 0 Å². The van der Waals surface area contributed by atoms with Gasteiger partial charge in [-0.1, -0.05) is 5.92 Å². The van der Waals surface area contributed by atoms with E-state index in [1.54, 1.807) is 13.0 Å². The van der Waals surface area contributed by atoms with Crippen LogP contribution in [0.3, 0.4) is 0 Å². The predicted octanol–water partition coefficient (Wildman–Crippen LogP) is 2.04. The Hall–Kier alpha value is -2.02. The van der Waals surface area contributed by atoms with Crippen molar-refractivity contribution >= 4 is 5.91 Å². The van der Waals surface area contributed by atoms with Gasteiger partial charge in [0.15, 0.2) is 11.6 Å². The molecular formula is C14H14FNO2. The first kappa shape index (κ1) is 12.4. The van der Waals surface area contributed by atoms with Gasteiger partial charge in [-0.25, -0.2) is 4.39 Å². The lowest BCUT2D eigenvalue weighted by atomic mass is 10.1. The van der Waals surface area contributed by atoms with Crippen LogP contribution in [-0.4, -0.2) is 18.6 Å². The molecule has 0 aromatic heterocycles. The van der Waals surface area contributed by atoms with Crippen molar-refractivity contribution in [2.75, 3.05) is 6.61 Å². The number of rotatable bonds is 4. The highest BCUT2D eigenvalue weighted by Gasteiger charge is 2.25. The lowest BCUT2D eigenvalue weighted by Gasteiger charge is -2.10. The van der Waals surface area contributed by atoms with Gasteiger partial charge in [-0.15, -0.1) is 6.42 Å². The lowest BCUT2D eigenvalue weighted by molar-refractivity contribution is 0.0950. The summed E-state index contributed by atoms with van der Waals surface area (Å²) < 4.78 is 19.0. The van der Waals surface area contributed by atoms with Crippen LogP contribution in [0.25, 0.3) is 0 Å². The summed E-state index contributed by atoms with van der Waals surface area (Å²) in [6, 6.07) is 3.24. The fourth-order valence-corrected chi connectivity index (χ4v) is 1.63. The van der Waals surface area contributed by atoms with Gasteiger partial charge in [-0.2, -0.15) is 0 Å². The number of carbonyl (C=O) groups excluding carboxylic acids is 1. The highest BCUT2D eigenvalue weighted by atomic mass is 19.1. The minimum atomic E-state index is -0.534. The summed E-state index contributed by atoms with van der Waals surface area (Å²) >= 11 is 0. The van der Waals surface area contributed by atoms with Crippen LogP contribution in [0.2, 0.25) is 0 Å². The molecule has 1 saturated carbocycles. The first-order valence-electron chi connectivity index (χ1n) is 5.79. The molecule has 2 rings (SSSR count). The number of nitrogens with one attached hydrogen (secondary N) is 1. The number of hydrogen-bond donors (Lipinski definition) is 1. The Balaban J connectivity index is 2.19. The third-order valence-electron chi connectivity index (χ3n) is 2.82. The summed E-state index contributed by atoms with van der Waals surface area (Å²) in [4.78, 5) is 11.8. The van der Waals surface area contributed by atoms with Crippen molar-refractivity contribution in [1.82, 2.24) is 5.32 Å². The number of carbonyl (C=O) groups is 1. The molecule has 0 heterocycles. The molecule has 1 aromatic carbocycles. The highest BCUT2D eigenvalue weighted by molar-refractivity contribution is 5.96. The molecule has 0 aliphatic heterocycles. The molecule has 3 nitrogen and oxygen atoms in total. The molecule has 1 aliphatic rings. The maximum Gasteiger partial charge on any atom is 0.251 e. The maximum absolute atomic E-state index is 13.9. The summed E-state index contributed by atoms with van der Waals surface area (Å²) in [7, 11) is 0. The van der Waals surface area contributed by atoms with E-state index in [0.29, 0.717) is 5.56 Å². The topological polar surface area (TPSA) is 38.3 Å². The van der Waals surface area contributed by atoms with Crippen molar-refractivity contribution in [2.24, 2.45) is 0 Å². The van der Waals surface area contributed by atoms with Gasteiger partial charge < -0.3 is 10.1 Å². The minimum absolute atomic E-state index is 0.00395. The third-order valence-corrected chi connectivity index (χ3v) is 2.82. The monoisotopic (exact) mass is 247 g/mol. The Bertz CT molecular complexity index is 515. The van der Waals surface area contributed by atoms with Crippen LogP contribution in [0.5, 0.6) is 5.75 Å². The van der Waals surface area contributed by atoms with E-state index in [1.165, 1.54) is 6.07 Å². The van der Waals surface area contributed by atoms with E-state index in [-0.39, 0.29) is 29.9 Å². The van der Waals surface area contributed by atoms with Crippen molar-refractivity contribution in [3.05, 3.63) is 29.1 Å². The number of amides is 1. The predicted molar refractivity (Wildman–Crippen MR) is 66.0 cm³/mol. The van der Waals surface area contributed by atoms with Crippen LogP contribution in [0, 0.1) is 25.1 Å². The van der Waals surface area contributed by atoms with Crippen LogP contribution in [0.1, 0.15) is 28.8 Å². The van der Waals surface area contributed by atoms with Crippen molar-refractivity contribution in [2.45, 2.75) is 25.8 Å². The molecule has 1 aliphatic carbocycles. The van der Waals surface area contributed by atoms with Gasteiger partial charge in [0.05, 0.1) is 0 Å². The molecular weight excluding hydrogens is 233 g/mol. The van der Waals surface area contributed by atoms with Crippen LogP contribution in [-0.2, 0) is 0 Å². The molecule has 0 bridgehead atoms. The summed E-state index contributed by atoms with van der Waals surface area (Å²) in [6.45, 7) is 1.56. The van der Waals surface area contributed by atoms with Gasteiger partial charge in [0.1, 0.15) is 6.61 Å². The Morgan fingerprint density at radius 2 is 2.33 bits per heavy atom. The molecule has 1 amide bonds. The Morgan fingerprint density at radius 1 is 1.61 bits per heavy atom. The van der Waals surface area contributed by atoms with Crippen LogP contribution in [0.4, 0.5) is 4.39 Å². The van der Waals surface area contributed by atoms with E-state index in [1.807, 2.05) is 0 Å². The summed E-state index contributed by atoms with van der Waals surface area (Å²) in [5, 5.41) is 2.82. The van der Waals surface area contributed by atoms with Gasteiger partial charge in [-0.05, 0) is 31.9 Å². The fourth-order valence-electron chi connectivity index (χ4n) is 1.63. The summed E-state index contributed by atoms with van der Waals surface area (Å²) in [5.41, 5.74) is 0.620. The average Bonchev–Trinajstić information content (AvgIpc) is 3.15. The number of terminal acetylenes is 1. The first-order chi connectivity index (χ1) is 8.63. The van der Waals surface area contributed by atoms with Crippen molar-refractivity contribution in [3.8, 4) is 18.1 Å². The molecule has 1 N–H and O–H groups in total. The van der Waals surface area contributed by atoms with E-state index in [0.717, 1.165) is 12.8 Å². The first-order valence-corrected chi connectivity index (χ1v) is 5.79. The smallest absolute Gasteiger partial charge is 0.251 e. The quantitative estimate of drug-likeness (QED) is 0.827. The summed E-state index contributed by atoms with van der Waals surface area (Å²) in [5.74, 6) is 1.57. The van der Waals surface area contributed by atoms with Crippen LogP contribution >= 0.6 is 0 Å². The second-order valence-corrected chi connectivity index (χ2v) is 4.29. The Labute approximate surface area is 105 Å². The Kier molecular flexibility index (Phi) is 3.52. The fraction of sp³-hybridized carbons (Fsp3) is 0.357. The van der Waals surface area contributed by atoms with Gasteiger partial charge in [0.2, 0.25) is 0 Å². The number of halogens is 1. The van der Waals surface area contributed by atoms with Gasteiger partial charge in [0, 0.05) is 17.2 Å². The second kappa shape index (κ2) is 5.09. The molecule has 0 radical (unpaired) electrons. The van der Waals surface area contributed by atoms with Crippen molar-refractivity contribution in [3.63, 3.8) is 0 Å². The molecule has 0 spiro atoms. The molecule has 0 saturated heterocycles. The number of benzene rings is 1. The number of hydrogen-bond acceptors (Lipinski definition) is 2. The molecule has 1 fully saturated rings. The second-order valence-electron chi connectivity index (χ2n) is 4.29. The minimum Gasteiger partial charge on any atom is -0.478 e. The molecule has 0 unspecified atom stereocenters. The van der Waals surface area contributed by atoms with Crippen LogP contribution in [0.15, 0.2) is 12.1 Å². The largest absolute Gasteiger partial charge is 0.478 e. The van der Waals surface area contributed by atoms with Gasteiger partial charge in [0.25, 0.3) is 5.91 Å². The zero-order valence-electron chi connectivity index (χ0n) is 10.1. The Morgan fingerprint density at radius 3 is 2.94 bits per heavy atom. The van der Waals surface area contributed by atoms with Gasteiger partial charge >= 0.3 is 0 Å². The zero-order chi connectivity index (χ0) is 13.1. The van der Waals surface area contributed by atoms with Gasteiger partial charge in [-0.3, -0.25) is 4.79 Å². The maximum atomic E-state index is 13.9. The standard InChI is InChI=1S/C14H14FNO2/c1-3-8-18-12-7-6-11(9(2)13(12)15)14(17)16-10-4-5-10/h1,6-7,10H,4-5,8H2,2H3,(H,16,17). The summed E-state index contributed by atoms with van der Waals surface area (Å²) in [6.07, 6.45) is 7.04. The third kappa shape index (κ3) is 2.62.